The first-order chi connectivity index (χ1) is 5.16. The highest BCUT2D eigenvalue weighted by molar-refractivity contribution is 5.64. The van der Waals surface area contributed by atoms with Crippen molar-refractivity contribution < 1.29 is 15.0 Å². The predicted octanol–water partition coefficient (Wildman–Crippen LogP) is 0.507. The molecule has 1 unspecified atom stereocenters. The molecule has 0 aromatic heterocycles. The van der Waals surface area contributed by atoms with Gasteiger partial charge in [0.15, 0.2) is 0 Å². The summed E-state index contributed by atoms with van der Waals surface area (Å²) >= 11 is 0. The summed E-state index contributed by atoms with van der Waals surface area (Å²) < 4.78 is 0. The van der Waals surface area contributed by atoms with E-state index < -0.39 is 6.10 Å². The first-order valence-electron chi connectivity index (χ1n) is 3.17. The lowest BCUT2D eigenvalue weighted by molar-refractivity contribution is 0.236. The third-order valence-corrected chi connectivity index (χ3v) is 1.59. The molecular weight excluding hydrogens is 144 g/mol. The molecule has 3 heteroatoms. The van der Waals surface area contributed by atoms with Crippen LogP contribution in [-0.4, -0.2) is 22.3 Å². The molecule has 0 heterocycles. The lowest BCUT2D eigenvalue weighted by Crippen LogP contribution is -2.16. The van der Waals surface area contributed by atoms with Crippen LogP contribution in [0.2, 0.25) is 0 Å². The van der Waals surface area contributed by atoms with Crippen LogP contribution in [0.25, 0.3) is 0 Å². The molecule has 0 aromatic carbocycles. The van der Waals surface area contributed by atoms with Gasteiger partial charge in [-0.05, 0) is 18.6 Å². The number of hydrogen-bond acceptors (Lipinski definition) is 3. The fourth-order valence-electron chi connectivity index (χ4n) is 0.867. The first kappa shape index (κ1) is 7.79. The molecule has 0 aliphatic heterocycles. The fraction of sp³-hybridized carbons (Fsp3) is 0.250. The van der Waals surface area contributed by atoms with Crippen LogP contribution in [0.5, 0.6) is 0 Å². The van der Waals surface area contributed by atoms with Crippen molar-refractivity contribution >= 4 is 5.94 Å². The molecule has 0 amide bonds. The lowest BCUT2D eigenvalue weighted by atomic mass is 9.97. The SMILES string of the molecule is CC1=CC=C(O)C(=C=O)C1O. The van der Waals surface area contributed by atoms with Gasteiger partial charge in [-0.15, -0.1) is 0 Å². The van der Waals surface area contributed by atoms with Gasteiger partial charge in [-0.1, -0.05) is 6.08 Å². The average Bonchev–Trinajstić information content (AvgIpc) is 1.99. The van der Waals surface area contributed by atoms with Gasteiger partial charge < -0.3 is 10.2 Å². The molecule has 1 rings (SSSR count). The molecular formula is C8H8O3. The molecule has 1 aliphatic rings. The Morgan fingerprint density at radius 1 is 1.55 bits per heavy atom. The number of carbonyl (C=O) groups excluding carboxylic acids is 1. The Bertz CT molecular complexity index is 280. The standard InChI is InChI=1S/C8H8O3/c1-5-2-3-7(10)6(4-9)8(5)11/h2-3,8,10-11H,1H3. The van der Waals surface area contributed by atoms with E-state index >= 15 is 0 Å². The van der Waals surface area contributed by atoms with Gasteiger partial charge in [-0.3, -0.25) is 0 Å². The van der Waals surface area contributed by atoms with Crippen LogP contribution >= 0.6 is 0 Å². The number of rotatable bonds is 0. The van der Waals surface area contributed by atoms with Gasteiger partial charge in [0, 0.05) is 0 Å². The third kappa shape index (κ3) is 1.24. The zero-order chi connectivity index (χ0) is 8.43. The van der Waals surface area contributed by atoms with E-state index in [2.05, 4.69) is 0 Å². The highest BCUT2D eigenvalue weighted by Gasteiger charge is 2.20. The van der Waals surface area contributed by atoms with E-state index in [1.165, 1.54) is 12.0 Å². The Balaban J connectivity index is 3.13. The van der Waals surface area contributed by atoms with Crippen molar-refractivity contribution in [2.45, 2.75) is 13.0 Å². The minimum atomic E-state index is -1.00. The molecule has 2 N–H and O–H groups in total. The van der Waals surface area contributed by atoms with E-state index in [4.69, 9.17) is 5.11 Å². The predicted molar refractivity (Wildman–Crippen MR) is 39.7 cm³/mol. The van der Waals surface area contributed by atoms with Crippen LogP contribution in [0.15, 0.2) is 29.1 Å². The first-order valence-corrected chi connectivity index (χ1v) is 3.17. The minimum absolute atomic E-state index is 0.0926. The van der Waals surface area contributed by atoms with Gasteiger partial charge in [-0.25, -0.2) is 4.79 Å². The van der Waals surface area contributed by atoms with Crippen molar-refractivity contribution in [1.82, 2.24) is 0 Å². The zero-order valence-corrected chi connectivity index (χ0v) is 6.03. The smallest absolute Gasteiger partial charge is 0.134 e. The van der Waals surface area contributed by atoms with Crippen molar-refractivity contribution in [2.75, 3.05) is 0 Å². The largest absolute Gasteiger partial charge is 0.507 e. The van der Waals surface area contributed by atoms with E-state index in [0.717, 1.165) is 0 Å². The van der Waals surface area contributed by atoms with Crippen LogP contribution in [-0.2, 0) is 4.79 Å². The highest BCUT2D eigenvalue weighted by Crippen LogP contribution is 2.20. The van der Waals surface area contributed by atoms with Gasteiger partial charge in [0.1, 0.15) is 23.4 Å². The van der Waals surface area contributed by atoms with Gasteiger partial charge >= 0.3 is 0 Å². The highest BCUT2D eigenvalue weighted by atomic mass is 16.3. The van der Waals surface area contributed by atoms with Crippen LogP contribution in [0.4, 0.5) is 0 Å². The summed E-state index contributed by atoms with van der Waals surface area (Å²) in [6.07, 6.45) is 1.92. The topological polar surface area (TPSA) is 57.5 Å². The quantitative estimate of drug-likeness (QED) is 0.497. The normalized spacial score (nSPS) is 23.8. The Hall–Kier alpha value is -1.31. The fourth-order valence-corrected chi connectivity index (χ4v) is 0.867. The maximum atomic E-state index is 10.2. The summed E-state index contributed by atoms with van der Waals surface area (Å²) in [5.74, 6) is 1.28. The van der Waals surface area contributed by atoms with E-state index in [9.17, 15) is 9.90 Å². The molecule has 0 saturated carbocycles. The molecule has 1 aliphatic carbocycles. The zero-order valence-electron chi connectivity index (χ0n) is 6.03. The van der Waals surface area contributed by atoms with Gasteiger partial charge in [-0.2, -0.15) is 0 Å². The van der Waals surface area contributed by atoms with Crippen LogP contribution in [0.3, 0.4) is 0 Å². The molecule has 0 saturated heterocycles. The van der Waals surface area contributed by atoms with E-state index in [1.807, 2.05) is 0 Å². The third-order valence-electron chi connectivity index (χ3n) is 1.59. The van der Waals surface area contributed by atoms with Gasteiger partial charge in [0.25, 0.3) is 0 Å². The summed E-state index contributed by atoms with van der Waals surface area (Å²) in [7, 11) is 0. The molecule has 1 atom stereocenters. The molecule has 11 heavy (non-hydrogen) atoms. The molecule has 0 bridgehead atoms. The van der Waals surface area contributed by atoms with E-state index in [1.54, 1.807) is 13.0 Å². The van der Waals surface area contributed by atoms with E-state index in [0.29, 0.717) is 5.57 Å². The van der Waals surface area contributed by atoms with Gasteiger partial charge in [0.05, 0.1) is 0 Å². The van der Waals surface area contributed by atoms with Crippen LogP contribution in [0.1, 0.15) is 6.92 Å². The van der Waals surface area contributed by atoms with Crippen molar-refractivity contribution in [3.05, 3.63) is 29.1 Å². The number of allylic oxidation sites excluding steroid dienone is 2. The maximum Gasteiger partial charge on any atom is 0.134 e. The van der Waals surface area contributed by atoms with Crippen LogP contribution in [0, 0.1) is 0 Å². The van der Waals surface area contributed by atoms with Crippen LogP contribution < -0.4 is 0 Å². The summed E-state index contributed by atoms with van der Waals surface area (Å²) in [6.45, 7) is 1.67. The number of hydrogen-bond donors (Lipinski definition) is 2. The summed E-state index contributed by atoms with van der Waals surface area (Å²) in [5, 5.41) is 18.3. The van der Waals surface area contributed by atoms with Crippen molar-refractivity contribution in [3.8, 4) is 0 Å². The Labute approximate surface area is 64.0 Å². The molecule has 58 valence electrons. The minimum Gasteiger partial charge on any atom is -0.507 e. The summed E-state index contributed by atoms with van der Waals surface area (Å²) in [5.41, 5.74) is 0.533. The monoisotopic (exact) mass is 152 g/mol. The number of aliphatic hydroxyl groups is 2. The maximum absolute atomic E-state index is 10.2. The molecule has 0 aromatic rings. The molecule has 0 spiro atoms. The lowest BCUT2D eigenvalue weighted by Gasteiger charge is -2.14. The second-order valence-electron chi connectivity index (χ2n) is 2.38. The Morgan fingerprint density at radius 2 is 2.18 bits per heavy atom. The number of aliphatic hydroxyl groups excluding tert-OH is 2. The van der Waals surface area contributed by atoms with Crippen molar-refractivity contribution in [1.29, 1.82) is 0 Å². The Kier molecular flexibility index (Phi) is 1.94. The second kappa shape index (κ2) is 2.74. The molecule has 3 nitrogen and oxygen atoms in total. The molecule has 0 fully saturated rings. The summed E-state index contributed by atoms with van der Waals surface area (Å²) in [4.78, 5) is 10.2. The van der Waals surface area contributed by atoms with E-state index in [-0.39, 0.29) is 11.3 Å². The summed E-state index contributed by atoms with van der Waals surface area (Å²) in [6, 6.07) is 0. The second-order valence-corrected chi connectivity index (χ2v) is 2.38. The van der Waals surface area contributed by atoms with Gasteiger partial charge in [0.2, 0.25) is 0 Å². The average molecular weight is 152 g/mol. The Morgan fingerprint density at radius 3 is 2.64 bits per heavy atom. The molecule has 0 radical (unpaired) electrons. The van der Waals surface area contributed by atoms with Crippen molar-refractivity contribution in [2.24, 2.45) is 0 Å². The van der Waals surface area contributed by atoms with Crippen molar-refractivity contribution in [3.63, 3.8) is 0 Å².